The van der Waals surface area contributed by atoms with Gasteiger partial charge in [-0.15, -0.1) is 11.8 Å². The van der Waals surface area contributed by atoms with Gasteiger partial charge in [0, 0.05) is 27.6 Å². The van der Waals surface area contributed by atoms with Crippen molar-refractivity contribution in [3.05, 3.63) is 87.5 Å². The fourth-order valence-electron chi connectivity index (χ4n) is 4.17. The van der Waals surface area contributed by atoms with Crippen molar-refractivity contribution in [2.24, 2.45) is 0 Å². The molecule has 1 aliphatic rings. The maximum atomic E-state index is 14.1. The Morgan fingerprint density at radius 1 is 1.06 bits per heavy atom. The number of ether oxygens (including phenoxy) is 2. The molecule has 0 aliphatic heterocycles. The summed E-state index contributed by atoms with van der Waals surface area (Å²) in [7, 11) is 0. The van der Waals surface area contributed by atoms with Crippen molar-refractivity contribution in [3.63, 3.8) is 0 Å². The number of rotatable bonds is 8. The molecule has 4 nitrogen and oxygen atoms in total. The number of nitrogens with zero attached hydrogens (tertiary/aromatic N) is 1. The first-order valence-corrected chi connectivity index (χ1v) is 12.9. The Balaban J connectivity index is 1.73. The topological polar surface area (TPSA) is 48.4 Å². The molecule has 0 fully saturated rings. The first-order valence-electron chi connectivity index (χ1n) is 11.3. The van der Waals surface area contributed by atoms with Crippen LogP contribution in [0.1, 0.15) is 53.5 Å². The quantitative estimate of drug-likeness (QED) is 0.219. The van der Waals surface area contributed by atoms with Crippen molar-refractivity contribution < 1.29 is 27.4 Å². The van der Waals surface area contributed by atoms with E-state index in [0.717, 1.165) is 24.0 Å². The highest BCUT2D eigenvalue weighted by Gasteiger charge is 2.24. The molecule has 0 radical (unpaired) electrons. The molecule has 4 rings (SSSR count). The summed E-state index contributed by atoms with van der Waals surface area (Å²) < 4.78 is 52.6. The molecule has 0 spiro atoms. The Bertz CT molecular complexity index is 1320. The average Bonchev–Trinajstić information content (AvgIpc) is 3.33. The van der Waals surface area contributed by atoms with E-state index in [2.05, 4.69) is 4.98 Å². The number of carbonyl (C=O) groups is 1. The Hall–Kier alpha value is -2.97. The summed E-state index contributed by atoms with van der Waals surface area (Å²) >= 11 is 7.70. The molecule has 0 bridgehead atoms. The lowest BCUT2D eigenvalue weighted by Crippen LogP contribution is -2.10. The van der Waals surface area contributed by atoms with E-state index in [-0.39, 0.29) is 17.9 Å². The smallest absolute Gasteiger partial charge is 0.358 e. The summed E-state index contributed by atoms with van der Waals surface area (Å²) in [4.78, 5) is 17.9. The van der Waals surface area contributed by atoms with E-state index in [1.165, 1.54) is 11.8 Å². The summed E-state index contributed by atoms with van der Waals surface area (Å²) in [6.07, 6.45) is 4.13. The lowest BCUT2D eigenvalue weighted by molar-refractivity contribution is 0.0515. The summed E-state index contributed by atoms with van der Waals surface area (Å²) in [5.41, 5.74) is 3.05. The van der Waals surface area contributed by atoms with Gasteiger partial charge in [-0.2, -0.15) is 0 Å². The SMILES string of the molecule is CCOC(=O)c1nc(C2=C(c3cc(Cl)ccc3OCc3c(F)cc(F)cc3F)CCC2)ccc1SC. The van der Waals surface area contributed by atoms with Crippen LogP contribution in [0.2, 0.25) is 5.02 Å². The van der Waals surface area contributed by atoms with Crippen LogP contribution in [0.15, 0.2) is 47.4 Å². The minimum Gasteiger partial charge on any atom is -0.488 e. The highest BCUT2D eigenvalue weighted by molar-refractivity contribution is 7.98. The first-order chi connectivity index (χ1) is 17.3. The van der Waals surface area contributed by atoms with Crippen LogP contribution in [0, 0.1) is 17.5 Å². The van der Waals surface area contributed by atoms with Crippen LogP contribution < -0.4 is 4.74 Å². The molecule has 188 valence electrons. The van der Waals surface area contributed by atoms with E-state index in [0.29, 0.717) is 45.5 Å². The lowest BCUT2D eigenvalue weighted by atomic mass is 9.98. The number of carbonyl (C=O) groups excluding carboxylic acids is 1. The summed E-state index contributed by atoms with van der Waals surface area (Å²) in [5, 5.41) is 0.466. The van der Waals surface area contributed by atoms with E-state index in [1.807, 2.05) is 18.4 Å². The molecule has 0 saturated carbocycles. The van der Waals surface area contributed by atoms with Crippen molar-refractivity contribution >= 4 is 40.5 Å². The van der Waals surface area contributed by atoms with Crippen LogP contribution in [0.3, 0.4) is 0 Å². The maximum absolute atomic E-state index is 14.1. The molecule has 0 unspecified atom stereocenters. The molecule has 36 heavy (non-hydrogen) atoms. The Morgan fingerprint density at radius 2 is 1.78 bits per heavy atom. The summed E-state index contributed by atoms with van der Waals surface area (Å²) in [6, 6.07) is 9.94. The van der Waals surface area contributed by atoms with Gasteiger partial charge in [0.25, 0.3) is 0 Å². The number of esters is 1. The molecular formula is C27H23ClF3NO3S. The van der Waals surface area contributed by atoms with Crippen LogP contribution in [0.4, 0.5) is 13.2 Å². The zero-order valence-corrected chi connectivity index (χ0v) is 21.2. The van der Waals surface area contributed by atoms with Crippen molar-refractivity contribution in [3.8, 4) is 5.75 Å². The minimum absolute atomic E-state index is 0.241. The number of thioether (sulfide) groups is 1. The van der Waals surface area contributed by atoms with Crippen molar-refractivity contribution in [1.82, 2.24) is 4.98 Å². The number of aromatic nitrogens is 1. The zero-order valence-electron chi connectivity index (χ0n) is 19.7. The molecule has 0 N–H and O–H groups in total. The highest BCUT2D eigenvalue weighted by Crippen LogP contribution is 2.43. The van der Waals surface area contributed by atoms with Crippen molar-refractivity contribution in [2.45, 2.75) is 37.7 Å². The third-order valence-corrected chi connectivity index (χ3v) is 6.82. The van der Waals surface area contributed by atoms with Crippen molar-refractivity contribution in [2.75, 3.05) is 12.9 Å². The number of pyridine rings is 1. The second-order valence-corrected chi connectivity index (χ2v) is 9.34. The highest BCUT2D eigenvalue weighted by atomic mass is 35.5. The normalized spacial score (nSPS) is 13.3. The van der Waals surface area contributed by atoms with Gasteiger partial charge in [-0.25, -0.2) is 22.9 Å². The predicted octanol–water partition coefficient (Wildman–Crippen LogP) is 7.72. The van der Waals surface area contributed by atoms with E-state index < -0.39 is 30.0 Å². The van der Waals surface area contributed by atoms with E-state index in [1.54, 1.807) is 25.1 Å². The largest absolute Gasteiger partial charge is 0.488 e. The van der Waals surface area contributed by atoms with Gasteiger partial charge >= 0.3 is 5.97 Å². The Labute approximate surface area is 216 Å². The van der Waals surface area contributed by atoms with Gasteiger partial charge in [-0.05, 0) is 73.9 Å². The molecule has 0 atom stereocenters. The van der Waals surface area contributed by atoms with Crippen LogP contribution in [0.5, 0.6) is 5.75 Å². The van der Waals surface area contributed by atoms with Gasteiger partial charge in [0.15, 0.2) is 5.69 Å². The predicted molar refractivity (Wildman–Crippen MR) is 135 cm³/mol. The molecule has 1 heterocycles. The monoisotopic (exact) mass is 533 g/mol. The first kappa shape index (κ1) is 26.1. The fourth-order valence-corrected chi connectivity index (χ4v) is 4.87. The van der Waals surface area contributed by atoms with E-state index >= 15 is 0 Å². The van der Waals surface area contributed by atoms with Gasteiger partial charge < -0.3 is 9.47 Å². The number of halogens is 4. The number of hydrogen-bond acceptors (Lipinski definition) is 5. The number of benzene rings is 2. The number of hydrogen-bond donors (Lipinski definition) is 0. The molecule has 1 aromatic heterocycles. The van der Waals surface area contributed by atoms with E-state index in [9.17, 15) is 18.0 Å². The van der Waals surface area contributed by atoms with Crippen LogP contribution in [0.25, 0.3) is 11.1 Å². The lowest BCUT2D eigenvalue weighted by Gasteiger charge is -2.16. The van der Waals surface area contributed by atoms with Crippen molar-refractivity contribution in [1.29, 1.82) is 0 Å². The standard InChI is InChI=1S/C27H23ClF3NO3S/c1-3-34-27(33)26-25(36-2)10-8-23(32-26)18-6-4-5-17(18)19-11-15(28)7-9-24(19)35-14-20-21(30)12-16(29)13-22(20)31/h7-13H,3-6,14H2,1-2H3. The van der Waals surface area contributed by atoms with Gasteiger partial charge in [0.2, 0.25) is 0 Å². The molecular weight excluding hydrogens is 511 g/mol. The minimum atomic E-state index is -1.02. The Morgan fingerprint density at radius 3 is 2.47 bits per heavy atom. The molecule has 9 heteroatoms. The second-order valence-electron chi connectivity index (χ2n) is 8.06. The third-order valence-electron chi connectivity index (χ3n) is 5.82. The zero-order chi connectivity index (χ0) is 25.8. The Kier molecular flexibility index (Phi) is 8.26. The summed E-state index contributed by atoms with van der Waals surface area (Å²) in [5.74, 6) is -3.15. The summed E-state index contributed by atoms with van der Waals surface area (Å²) in [6.45, 7) is 1.55. The van der Waals surface area contributed by atoms with E-state index in [4.69, 9.17) is 21.1 Å². The number of allylic oxidation sites excluding steroid dienone is 2. The van der Waals surface area contributed by atoms with Crippen LogP contribution >= 0.6 is 23.4 Å². The third kappa shape index (κ3) is 5.55. The van der Waals surface area contributed by atoms with Gasteiger partial charge in [-0.3, -0.25) is 0 Å². The molecule has 0 amide bonds. The maximum Gasteiger partial charge on any atom is 0.358 e. The molecule has 1 aliphatic carbocycles. The van der Waals surface area contributed by atoms with Gasteiger partial charge in [0.05, 0.1) is 17.9 Å². The molecule has 2 aromatic carbocycles. The molecule has 3 aromatic rings. The van der Waals surface area contributed by atoms with Gasteiger partial charge in [0.1, 0.15) is 29.8 Å². The fraction of sp³-hybridized carbons (Fsp3) is 0.259. The second kappa shape index (κ2) is 11.4. The van der Waals surface area contributed by atoms with Gasteiger partial charge in [-0.1, -0.05) is 11.6 Å². The average molecular weight is 534 g/mol. The van der Waals surface area contributed by atoms with Crippen LogP contribution in [-0.4, -0.2) is 23.8 Å². The van der Waals surface area contributed by atoms with Crippen LogP contribution in [-0.2, 0) is 11.3 Å². The molecule has 0 saturated heterocycles.